The van der Waals surface area contributed by atoms with Crippen molar-refractivity contribution in [2.75, 3.05) is 4.90 Å². The molecule has 0 spiro atoms. The number of nitrogens with zero attached hydrogens (tertiary/aromatic N) is 2. The van der Waals surface area contributed by atoms with Gasteiger partial charge in [0.15, 0.2) is 0 Å². The van der Waals surface area contributed by atoms with Crippen LogP contribution in [0.3, 0.4) is 0 Å². The number of benzene rings is 2. The van der Waals surface area contributed by atoms with Gasteiger partial charge in [0.05, 0.1) is 17.1 Å². The third-order valence-corrected chi connectivity index (χ3v) is 5.62. The van der Waals surface area contributed by atoms with Crippen molar-refractivity contribution in [3.63, 3.8) is 0 Å². The summed E-state index contributed by atoms with van der Waals surface area (Å²) in [7, 11) is -3.72. The zero-order chi connectivity index (χ0) is 19.2. The van der Waals surface area contributed by atoms with Gasteiger partial charge in [0.1, 0.15) is 12.1 Å². The number of halogens is 1. The normalized spacial score (nSPS) is 16.6. The molecular weight excluding hydrogens is 369 g/mol. The van der Waals surface area contributed by atoms with E-state index in [1.807, 2.05) is 0 Å². The Morgan fingerprint density at radius 3 is 2.70 bits per heavy atom. The van der Waals surface area contributed by atoms with E-state index >= 15 is 0 Å². The predicted molar refractivity (Wildman–Crippen MR) is 99.1 cm³/mol. The minimum absolute atomic E-state index is 0.121. The first-order valence-corrected chi connectivity index (χ1v) is 9.98. The summed E-state index contributed by atoms with van der Waals surface area (Å²) in [5.41, 5.74) is 3.34. The van der Waals surface area contributed by atoms with Gasteiger partial charge in [-0.15, -0.1) is 0 Å². The lowest BCUT2D eigenvalue weighted by molar-refractivity contribution is 0.570. The largest absolute Gasteiger partial charge is 0.444 e. The molecule has 3 aromatic rings. The Morgan fingerprint density at radius 2 is 2.00 bits per heavy atom. The summed E-state index contributed by atoms with van der Waals surface area (Å²) in [4.78, 5) is 6.76. The highest BCUT2D eigenvalue weighted by atomic mass is 32.2. The molecule has 2 N–H and O–H groups in total. The van der Waals surface area contributed by atoms with Crippen molar-refractivity contribution >= 4 is 15.7 Å². The van der Waals surface area contributed by atoms with Gasteiger partial charge in [-0.2, -0.15) is 0 Å². The third-order valence-electron chi connectivity index (χ3n) is 4.71. The number of rotatable bonds is 4. The Morgan fingerprint density at radius 1 is 1.26 bits per heavy atom. The fourth-order valence-electron chi connectivity index (χ4n) is 3.37. The van der Waals surface area contributed by atoms with Gasteiger partial charge < -0.3 is 9.32 Å². The summed E-state index contributed by atoms with van der Waals surface area (Å²) < 4.78 is 41.7. The molecule has 0 fully saturated rings. The van der Waals surface area contributed by atoms with E-state index in [2.05, 4.69) is 16.8 Å². The number of oxazole rings is 1. The maximum Gasteiger partial charge on any atom is 0.238 e. The van der Waals surface area contributed by atoms with Crippen LogP contribution >= 0.6 is 0 Å². The van der Waals surface area contributed by atoms with Gasteiger partial charge in [0.25, 0.3) is 0 Å². The van der Waals surface area contributed by atoms with Crippen LogP contribution in [-0.2, 0) is 23.0 Å². The van der Waals surface area contributed by atoms with Gasteiger partial charge in [-0.05, 0) is 61.4 Å². The number of nitrogens with two attached hydrogens (primary N) is 1. The van der Waals surface area contributed by atoms with Crippen LogP contribution in [0, 0.1) is 5.82 Å². The van der Waals surface area contributed by atoms with Crippen molar-refractivity contribution in [3.05, 3.63) is 65.8 Å². The summed E-state index contributed by atoms with van der Waals surface area (Å²) in [6.45, 7) is 2.59. The molecule has 0 saturated heterocycles. The summed E-state index contributed by atoms with van der Waals surface area (Å²) in [5.74, 6) is 0.119. The van der Waals surface area contributed by atoms with Crippen molar-refractivity contribution in [1.82, 2.24) is 4.98 Å². The number of sulfonamides is 1. The van der Waals surface area contributed by atoms with Gasteiger partial charge in [-0.1, -0.05) is 0 Å². The molecule has 1 aliphatic rings. The van der Waals surface area contributed by atoms with Crippen molar-refractivity contribution < 1.29 is 17.2 Å². The van der Waals surface area contributed by atoms with E-state index in [0.29, 0.717) is 18.0 Å². The zero-order valence-electron chi connectivity index (χ0n) is 14.6. The van der Waals surface area contributed by atoms with E-state index in [4.69, 9.17) is 9.56 Å². The highest BCUT2D eigenvalue weighted by molar-refractivity contribution is 7.89. The van der Waals surface area contributed by atoms with Crippen LogP contribution in [0.4, 0.5) is 10.1 Å². The van der Waals surface area contributed by atoms with Crippen molar-refractivity contribution in [2.45, 2.75) is 30.8 Å². The number of anilines is 1. The average Bonchev–Trinajstić information content (AvgIpc) is 3.20. The Balaban J connectivity index is 1.58. The van der Waals surface area contributed by atoms with Gasteiger partial charge in [-0.25, -0.2) is 22.9 Å². The lowest BCUT2D eigenvalue weighted by atomic mass is 10.1. The molecule has 1 aromatic heterocycles. The monoisotopic (exact) mass is 387 g/mol. The van der Waals surface area contributed by atoms with Crippen molar-refractivity contribution in [3.8, 4) is 11.5 Å². The molecule has 2 aromatic carbocycles. The third kappa shape index (κ3) is 3.45. The molecule has 2 heterocycles. The molecule has 0 saturated carbocycles. The van der Waals surface area contributed by atoms with Crippen LogP contribution in [0.25, 0.3) is 11.5 Å². The minimum Gasteiger partial charge on any atom is -0.444 e. The van der Waals surface area contributed by atoms with E-state index in [9.17, 15) is 12.8 Å². The number of primary sulfonamides is 1. The molecule has 4 rings (SSSR count). The SMILES string of the molecule is C[C@@H]1Cc2cc(S(N)(=O)=O)ccc2N1Cc1coc(-c2ccc(F)cc2)n1. The van der Waals surface area contributed by atoms with E-state index in [1.54, 1.807) is 30.5 Å². The quantitative estimate of drug-likeness (QED) is 0.743. The van der Waals surface area contributed by atoms with Crippen LogP contribution in [0.1, 0.15) is 18.2 Å². The number of hydrogen-bond donors (Lipinski definition) is 1. The van der Waals surface area contributed by atoms with E-state index in [0.717, 1.165) is 23.4 Å². The Kier molecular flexibility index (Phi) is 4.24. The Bertz CT molecular complexity index is 1090. The first kappa shape index (κ1) is 17.7. The molecule has 0 unspecified atom stereocenters. The van der Waals surface area contributed by atoms with Crippen LogP contribution in [0.2, 0.25) is 0 Å². The van der Waals surface area contributed by atoms with Crippen LogP contribution in [0.15, 0.2) is 58.0 Å². The summed E-state index contributed by atoms with van der Waals surface area (Å²) in [6, 6.07) is 11.1. The molecule has 0 radical (unpaired) electrons. The number of hydrogen-bond acceptors (Lipinski definition) is 5. The molecule has 140 valence electrons. The first-order chi connectivity index (χ1) is 12.8. The fraction of sp³-hybridized carbons (Fsp3) is 0.211. The van der Waals surface area contributed by atoms with Crippen LogP contribution < -0.4 is 10.0 Å². The highest BCUT2D eigenvalue weighted by Gasteiger charge is 2.28. The molecular formula is C19H18FN3O3S. The number of aromatic nitrogens is 1. The van der Waals surface area contributed by atoms with Crippen LogP contribution in [-0.4, -0.2) is 19.4 Å². The van der Waals surface area contributed by atoms with Crippen molar-refractivity contribution in [2.24, 2.45) is 5.14 Å². The Hall–Kier alpha value is -2.71. The van der Waals surface area contributed by atoms with E-state index < -0.39 is 10.0 Å². The fourth-order valence-corrected chi connectivity index (χ4v) is 3.93. The second kappa shape index (κ2) is 6.47. The predicted octanol–water partition coefficient (Wildman–Crippen LogP) is 3.08. The molecule has 1 aliphatic heterocycles. The topological polar surface area (TPSA) is 89.4 Å². The smallest absolute Gasteiger partial charge is 0.238 e. The molecule has 1 atom stereocenters. The summed E-state index contributed by atoms with van der Waals surface area (Å²) in [5, 5.41) is 5.22. The summed E-state index contributed by atoms with van der Waals surface area (Å²) >= 11 is 0. The second-order valence-corrected chi connectivity index (χ2v) is 8.23. The second-order valence-electron chi connectivity index (χ2n) is 6.67. The lowest BCUT2D eigenvalue weighted by Crippen LogP contribution is -2.28. The molecule has 6 nitrogen and oxygen atoms in total. The summed E-state index contributed by atoms with van der Waals surface area (Å²) in [6.07, 6.45) is 2.31. The average molecular weight is 387 g/mol. The molecule has 8 heteroatoms. The Labute approximate surface area is 156 Å². The minimum atomic E-state index is -3.72. The molecule has 0 aliphatic carbocycles. The molecule has 0 bridgehead atoms. The van der Waals surface area contributed by atoms with E-state index in [1.165, 1.54) is 18.2 Å². The van der Waals surface area contributed by atoms with Gasteiger partial charge >= 0.3 is 0 Å². The highest BCUT2D eigenvalue weighted by Crippen LogP contribution is 2.35. The van der Waals surface area contributed by atoms with Crippen LogP contribution in [0.5, 0.6) is 0 Å². The van der Waals surface area contributed by atoms with Gasteiger partial charge in [0.2, 0.25) is 15.9 Å². The standard InChI is InChI=1S/C19H18FN3O3S/c1-12-8-14-9-17(27(21,24)25)6-7-18(14)23(12)10-16-11-26-19(22-16)13-2-4-15(20)5-3-13/h2-7,9,11-12H,8,10H2,1H3,(H2,21,24,25)/t12-/m1/s1. The number of fused-ring (bicyclic) bond motifs is 1. The molecule has 0 amide bonds. The van der Waals surface area contributed by atoms with Gasteiger partial charge in [-0.3, -0.25) is 0 Å². The van der Waals surface area contributed by atoms with Gasteiger partial charge in [0, 0.05) is 17.3 Å². The maximum atomic E-state index is 13.1. The molecule has 27 heavy (non-hydrogen) atoms. The first-order valence-electron chi connectivity index (χ1n) is 8.44. The maximum absolute atomic E-state index is 13.1. The van der Waals surface area contributed by atoms with E-state index in [-0.39, 0.29) is 16.8 Å². The van der Waals surface area contributed by atoms with Crippen molar-refractivity contribution in [1.29, 1.82) is 0 Å². The lowest BCUT2D eigenvalue weighted by Gasteiger charge is -2.23. The zero-order valence-corrected chi connectivity index (χ0v) is 15.4.